The number of Topliss-reactive ketones (excluding diaryl/α,β-unsaturated/α-hetero) is 1. The molecule has 3 fully saturated rings. The number of carboxylic acid groups (broad SMARTS) is 1. The quantitative estimate of drug-likeness (QED) is 0.214. The fraction of sp³-hybridized carbons (Fsp3) is 0.526. The fourth-order valence-corrected chi connectivity index (χ4v) is 8.26. The summed E-state index contributed by atoms with van der Waals surface area (Å²) in [6.45, 7) is 6.45. The van der Waals surface area contributed by atoms with Crippen LogP contribution in [0.15, 0.2) is 47.1 Å². The summed E-state index contributed by atoms with van der Waals surface area (Å²) < 4.78 is 11.9. The van der Waals surface area contributed by atoms with E-state index in [1.54, 1.807) is 24.3 Å². The Morgan fingerprint density at radius 1 is 0.980 bits per heavy atom. The summed E-state index contributed by atoms with van der Waals surface area (Å²) in [5.74, 6) is -1.12. The molecule has 50 heavy (non-hydrogen) atoms. The molecule has 1 saturated carbocycles. The summed E-state index contributed by atoms with van der Waals surface area (Å²) in [5.41, 5.74) is 1.85. The molecule has 12 heteroatoms. The number of ether oxygens (including phenoxy) is 1. The van der Waals surface area contributed by atoms with E-state index in [1.807, 2.05) is 30.9 Å². The summed E-state index contributed by atoms with van der Waals surface area (Å²) in [7, 11) is 0. The summed E-state index contributed by atoms with van der Waals surface area (Å²) in [4.78, 5) is 55.5. The van der Waals surface area contributed by atoms with Crippen LogP contribution in [0.2, 0.25) is 10.0 Å². The third-order valence-electron chi connectivity index (χ3n) is 10.7. The van der Waals surface area contributed by atoms with Crippen molar-refractivity contribution in [3.05, 3.63) is 63.8 Å². The van der Waals surface area contributed by atoms with Gasteiger partial charge in [0.05, 0.1) is 47.4 Å². The Morgan fingerprint density at radius 3 is 2.40 bits per heavy atom. The average molecular weight is 727 g/mol. The molecular weight excluding hydrogens is 681 g/mol. The number of aliphatic carboxylic acids is 1. The molecule has 2 aromatic carbocycles. The number of furan rings is 1. The molecule has 3 aromatic rings. The molecule has 2 aliphatic heterocycles. The van der Waals surface area contributed by atoms with E-state index < -0.39 is 11.9 Å². The molecule has 2 atom stereocenters. The third kappa shape index (κ3) is 8.20. The number of para-hydroxylation sites is 1. The van der Waals surface area contributed by atoms with Crippen molar-refractivity contribution in [2.24, 2.45) is 17.8 Å². The number of piperidine rings is 1. The Hall–Kier alpha value is -3.44. The average Bonchev–Trinajstić information content (AvgIpc) is 3.74. The van der Waals surface area contributed by atoms with Crippen LogP contribution in [0.4, 0.5) is 5.69 Å². The standard InChI is InChI=1S/C38H45Cl2N3O7/c1-22(2)36(45)23-11-13-42(14-12-23)26-17-27(20-49-28-9-7-24(8-10-28)38(47)48)43(19-26)35(44)16-25-15-32(40)33(18-31(25)39)41-37(46)30-21-50-34-6-4-3-5-29(30)34/h3-6,15,18,21-24,26-28H,7-14,16-17,19-20H2,1-2H3,(H,41,46)(H,47,48)/t24-,26-,27-,28-/m0/s1. The van der Waals surface area contributed by atoms with Gasteiger partial charge in [0.2, 0.25) is 5.91 Å². The normalized spacial score (nSPS) is 23.4. The first-order valence-corrected chi connectivity index (χ1v) is 18.4. The Labute approximate surface area is 302 Å². The lowest BCUT2D eigenvalue weighted by molar-refractivity contribution is -0.144. The lowest BCUT2D eigenvalue weighted by Crippen LogP contribution is -2.45. The van der Waals surface area contributed by atoms with Crippen LogP contribution in [0, 0.1) is 17.8 Å². The first kappa shape index (κ1) is 36.4. The van der Waals surface area contributed by atoms with Crippen LogP contribution in [0.5, 0.6) is 0 Å². The second kappa shape index (κ2) is 15.8. The highest BCUT2D eigenvalue weighted by Crippen LogP contribution is 2.34. The number of carbonyl (C=O) groups excluding carboxylic acids is 3. The number of fused-ring (bicyclic) bond motifs is 1. The predicted octanol–water partition coefficient (Wildman–Crippen LogP) is 7.10. The largest absolute Gasteiger partial charge is 0.481 e. The number of carbonyl (C=O) groups is 4. The maximum Gasteiger partial charge on any atom is 0.306 e. The van der Waals surface area contributed by atoms with Gasteiger partial charge >= 0.3 is 5.97 Å². The van der Waals surface area contributed by atoms with E-state index in [2.05, 4.69) is 10.2 Å². The van der Waals surface area contributed by atoms with Crippen LogP contribution in [0.3, 0.4) is 0 Å². The van der Waals surface area contributed by atoms with Crippen LogP contribution < -0.4 is 5.32 Å². The molecule has 6 rings (SSSR count). The van der Waals surface area contributed by atoms with Gasteiger partial charge < -0.3 is 24.5 Å². The Morgan fingerprint density at radius 2 is 1.70 bits per heavy atom. The van der Waals surface area contributed by atoms with E-state index in [1.165, 1.54) is 6.26 Å². The molecule has 3 aliphatic rings. The minimum atomic E-state index is -0.751. The van der Waals surface area contributed by atoms with E-state index >= 15 is 0 Å². The number of amides is 2. The van der Waals surface area contributed by atoms with Gasteiger partial charge in [0.15, 0.2) is 0 Å². The minimum absolute atomic E-state index is 0.0249. The molecular formula is C38H45Cl2N3O7. The highest BCUT2D eigenvalue weighted by Gasteiger charge is 2.40. The van der Waals surface area contributed by atoms with E-state index in [4.69, 9.17) is 32.4 Å². The second-order valence-electron chi connectivity index (χ2n) is 14.3. The molecule has 1 aromatic heterocycles. The third-order valence-corrected chi connectivity index (χ3v) is 11.4. The van der Waals surface area contributed by atoms with Crippen LogP contribution in [-0.2, 0) is 25.5 Å². The molecule has 1 aliphatic carbocycles. The molecule has 268 valence electrons. The SMILES string of the molecule is CC(C)C(=O)C1CCN([C@H]2C[C@@H](CO[C@H]3CC[C@H](C(=O)O)CC3)N(C(=O)Cc3cc(Cl)c(NC(=O)c4coc5ccccc45)cc3Cl)C2)CC1. The minimum Gasteiger partial charge on any atom is -0.481 e. The maximum atomic E-state index is 14.0. The van der Waals surface area contributed by atoms with E-state index in [9.17, 15) is 24.3 Å². The summed E-state index contributed by atoms with van der Waals surface area (Å²) in [5, 5.41) is 13.5. The zero-order valence-electron chi connectivity index (χ0n) is 28.5. The van der Waals surface area contributed by atoms with Gasteiger partial charge in [0.25, 0.3) is 5.91 Å². The van der Waals surface area contributed by atoms with E-state index in [-0.39, 0.29) is 53.3 Å². The topological polar surface area (TPSA) is 129 Å². The van der Waals surface area contributed by atoms with Crippen LogP contribution in [0.25, 0.3) is 11.0 Å². The van der Waals surface area contributed by atoms with Gasteiger partial charge in [-0.05, 0) is 81.8 Å². The van der Waals surface area contributed by atoms with Crippen LogP contribution in [-0.4, -0.2) is 82.9 Å². The number of likely N-dealkylation sites (tertiary alicyclic amines) is 2. The summed E-state index contributed by atoms with van der Waals surface area (Å²) in [6.07, 6.45) is 6.35. The van der Waals surface area contributed by atoms with Crippen molar-refractivity contribution in [2.75, 3.05) is 31.6 Å². The number of halogens is 2. The predicted molar refractivity (Wildman–Crippen MR) is 192 cm³/mol. The second-order valence-corrected chi connectivity index (χ2v) is 15.1. The van der Waals surface area contributed by atoms with Gasteiger partial charge in [0.1, 0.15) is 17.6 Å². The lowest BCUT2D eigenvalue weighted by atomic mass is 9.86. The first-order chi connectivity index (χ1) is 24.0. The van der Waals surface area contributed by atoms with Gasteiger partial charge in [-0.25, -0.2) is 0 Å². The number of hydrogen-bond donors (Lipinski definition) is 2. The number of benzene rings is 2. The van der Waals surface area contributed by atoms with Gasteiger partial charge in [-0.2, -0.15) is 0 Å². The van der Waals surface area contributed by atoms with Crippen molar-refractivity contribution in [2.45, 2.75) is 83.4 Å². The molecule has 3 heterocycles. The van der Waals surface area contributed by atoms with Crippen LogP contribution in [0.1, 0.15) is 74.7 Å². The Balaban J connectivity index is 1.12. The number of hydrogen-bond acceptors (Lipinski definition) is 7. The monoisotopic (exact) mass is 725 g/mol. The molecule has 0 bridgehead atoms. The molecule has 0 radical (unpaired) electrons. The molecule has 2 saturated heterocycles. The van der Waals surface area contributed by atoms with E-state index in [0.717, 1.165) is 32.4 Å². The van der Waals surface area contributed by atoms with Crippen LogP contribution >= 0.6 is 23.2 Å². The highest BCUT2D eigenvalue weighted by molar-refractivity contribution is 6.36. The number of carboxylic acids is 1. The Bertz CT molecular complexity index is 1730. The Kier molecular flexibility index (Phi) is 11.5. The van der Waals surface area contributed by atoms with Crippen molar-refractivity contribution in [3.8, 4) is 0 Å². The molecule has 0 spiro atoms. The van der Waals surface area contributed by atoms with Gasteiger partial charge in [-0.3, -0.25) is 24.1 Å². The number of nitrogens with one attached hydrogen (secondary N) is 1. The smallest absolute Gasteiger partial charge is 0.306 e. The summed E-state index contributed by atoms with van der Waals surface area (Å²) >= 11 is 13.3. The molecule has 10 nitrogen and oxygen atoms in total. The molecule has 2 N–H and O–H groups in total. The number of rotatable bonds is 11. The molecule has 0 unspecified atom stereocenters. The van der Waals surface area contributed by atoms with Crippen molar-refractivity contribution in [1.29, 1.82) is 0 Å². The van der Waals surface area contributed by atoms with Gasteiger partial charge in [-0.15, -0.1) is 0 Å². The van der Waals surface area contributed by atoms with Crippen molar-refractivity contribution in [3.63, 3.8) is 0 Å². The lowest BCUT2D eigenvalue weighted by Gasteiger charge is -2.35. The van der Waals surface area contributed by atoms with Gasteiger partial charge in [-0.1, -0.05) is 55.2 Å². The zero-order valence-corrected chi connectivity index (χ0v) is 30.0. The fourth-order valence-electron chi connectivity index (χ4n) is 7.79. The number of anilines is 1. The maximum absolute atomic E-state index is 14.0. The molecule has 2 amide bonds. The van der Waals surface area contributed by atoms with Gasteiger partial charge in [0, 0.05) is 34.8 Å². The summed E-state index contributed by atoms with van der Waals surface area (Å²) in [6, 6.07) is 10.4. The van der Waals surface area contributed by atoms with Crippen molar-refractivity contribution in [1.82, 2.24) is 9.80 Å². The van der Waals surface area contributed by atoms with E-state index in [0.29, 0.717) is 77.4 Å². The number of ketones is 1. The zero-order chi connectivity index (χ0) is 35.5. The van der Waals surface area contributed by atoms with Crippen molar-refractivity contribution >= 4 is 63.4 Å². The number of nitrogens with zero attached hydrogens (tertiary/aromatic N) is 2. The first-order valence-electron chi connectivity index (χ1n) is 17.7. The highest BCUT2D eigenvalue weighted by atomic mass is 35.5. The van der Waals surface area contributed by atoms with Crippen molar-refractivity contribution < 1.29 is 33.4 Å².